The summed E-state index contributed by atoms with van der Waals surface area (Å²) in [7, 11) is 3.22. The van der Waals surface area contributed by atoms with E-state index in [4.69, 9.17) is 18.9 Å². The van der Waals surface area contributed by atoms with Gasteiger partial charge >= 0.3 is 0 Å². The van der Waals surface area contributed by atoms with Gasteiger partial charge in [0.25, 0.3) is 0 Å². The lowest BCUT2D eigenvalue weighted by atomic mass is 9.80. The topological polar surface area (TPSA) is 75.0 Å². The third-order valence-electron chi connectivity index (χ3n) is 6.74. The van der Waals surface area contributed by atoms with E-state index in [0.717, 1.165) is 16.7 Å². The van der Waals surface area contributed by atoms with Crippen molar-refractivity contribution in [3.05, 3.63) is 114 Å². The Bertz CT molecular complexity index is 1220. The van der Waals surface area contributed by atoms with Crippen LogP contribution in [-0.4, -0.2) is 53.9 Å². The van der Waals surface area contributed by atoms with Gasteiger partial charge in [-0.05, 0) is 41.0 Å². The Hall–Kier alpha value is -3.72. The summed E-state index contributed by atoms with van der Waals surface area (Å²) in [4.78, 5) is 3.98. The fraction of sp³-hybridized carbons (Fsp3) is 0.276. The molecule has 0 aliphatic carbocycles. The van der Waals surface area contributed by atoms with Crippen LogP contribution in [0.15, 0.2) is 97.6 Å². The number of ether oxygens (including phenoxy) is 4. The van der Waals surface area contributed by atoms with Crippen LogP contribution >= 0.6 is 0 Å². The molecule has 1 N–H and O–H groups in total. The maximum atomic E-state index is 15.3. The molecule has 0 amide bonds. The molecule has 7 nitrogen and oxygen atoms in total. The average molecular weight is 505 g/mol. The molecule has 2 heterocycles. The van der Waals surface area contributed by atoms with Gasteiger partial charge in [-0.25, -0.2) is 9.37 Å². The predicted octanol–water partition coefficient (Wildman–Crippen LogP) is 4.51. The zero-order chi connectivity index (χ0) is 25.8. The van der Waals surface area contributed by atoms with E-state index in [-0.39, 0.29) is 6.61 Å². The molecule has 3 aromatic carbocycles. The molecular formula is C29H29FN2O5. The number of aliphatic hydroxyl groups is 1. The minimum atomic E-state index is -1.65. The van der Waals surface area contributed by atoms with E-state index in [1.165, 1.54) is 6.33 Å². The second-order valence-electron chi connectivity index (χ2n) is 8.83. The van der Waals surface area contributed by atoms with Crippen molar-refractivity contribution in [2.24, 2.45) is 0 Å². The highest BCUT2D eigenvalue weighted by Gasteiger charge is 2.47. The predicted molar refractivity (Wildman–Crippen MR) is 135 cm³/mol. The van der Waals surface area contributed by atoms with E-state index in [0.29, 0.717) is 11.5 Å². The van der Waals surface area contributed by atoms with Crippen molar-refractivity contribution < 1.29 is 28.4 Å². The second kappa shape index (κ2) is 10.7. The smallest absolute Gasteiger partial charge is 0.164 e. The van der Waals surface area contributed by atoms with Crippen molar-refractivity contribution in [3.63, 3.8) is 0 Å². The van der Waals surface area contributed by atoms with E-state index in [9.17, 15) is 5.11 Å². The molecule has 4 aromatic rings. The lowest BCUT2D eigenvalue weighted by molar-refractivity contribution is -0.0902. The van der Waals surface area contributed by atoms with Gasteiger partial charge < -0.3 is 28.6 Å². The normalized spacial score (nSPS) is 21.6. The van der Waals surface area contributed by atoms with Crippen molar-refractivity contribution in [2.75, 3.05) is 20.8 Å². The third-order valence-corrected chi connectivity index (χ3v) is 6.74. The standard InChI is InChI=1S/C29H29FN2O5/c1-34-23-12-8-21(9-13-23)29(20-6-4-3-5-7-20,22-10-14-24(35-2)15-11-22)36-18-25-26(30)27(33)28(37-25)32-17-16-31-19-32/h3-17,19,25-28,33H,18H2,1-2H3/t25-,26+,27-,28-/m1/s1. The van der Waals surface area contributed by atoms with Gasteiger partial charge in [0.1, 0.15) is 29.3 Å². The maximum Gasteiger partial charge on any atom is 0.164 e. The quantitative estimate of drug-likeness (QED) is 0.338. The van der Waals surface area contributed by atoms with Crippen molar-refractivity contribution >= 4 is 0 Å². The van der Waals surface area contributed by atoms with Crippen LogP contribution in [0.5, 0.6) is 11.5 Å². The SMILES string of the molecule is COc1ccc(C(OC[C@H]2O[C@@H](n3ccnc3)[C@H](O)[C@H]2F)(c2ccccc2)c2ccc(OC)cc2)cc1. The van der Waals surface area contributed by atoms with Gasteiger partial charge in [-0.3, -0.25) is 0 Å². The van der Waals surface area contributed by atoms with Crippen molar-refractivity contribution in [1.29, 1.82) is 0 Å². The van der Waals surface area contributed by atoms with Crippen LogP contribution in [0, 0.1) is 0 Å². The third kappa shape index (κ3) is 4.71. The molecule has 37 heavy (non-hydrogen) atoms. The highest BCUT2D eigenvalue weighted by molar-refractivity contribution is 5.49. The van der Waals surface area contributed by atoms with Gasteiger partial charge in [0.05, 0.1) is 27.2 Å². The molecule has 1 aliphatic heterocycles. The number of hydrogen-bond acceptors (Lipinski definition) is 6. The number of benzene rings is 3. The Morgan fingerprint density at radius 3 is 1.97 bits per heavy atom. The fourth-order valence-electron chi connectivity index (χ4n) is 4.79. The summed E-state index contributed by atoms with van der Waals surface area (Å²) in [6.45, 7) is -0.115. The molecule has 0 spiro atoms. The number of aromatic nitrogens is 2. The van der Waals surface area contributed by atoms with E-state index < -0.39 is 30.2 Å². The summed E-state index contributed by atoms with van der Waals surface area (Å²) >= 11 is 0. The van der Waals surface area contributed by atoms with Gasteiger partial charge in [-0.2, -0.15) is 0 Å². The Labute approximate surface area is 215 Å². The van der Waals surface area contributed by atoms with Gasteiger partial charge in [0.15, 0.2) is 12.4 Å². The van der Waals surface area contributed by atoms with Crippen LogP contribution < -0.4 is 9.47 Å². The van der Waals surface area contributed by atoms with Crippen LogP contribution in [-0.2, 0) is 15.1 Å². The van der Waals surface area contributed by atoms with Crippen LogP contribution in [0.4, 0.5) is 4.39 Å². The van der Waals surface area contributed by atoms with E-state index in [1.807, 2.05) is 78.9 Å². The summed E-state index contributed by atoms with van der Waals surface area (Å²) in [5.41, 5.74) is 1.39. The Morgan fingerprint density at radius 1 is 0.892 bits per heavy atom. The minimum absolute atomic E-state index is 0.115. The van der Waals surface area contributed by atoms with Crippen molar-refractivity contribution in [1.82, 2.24) is 9.55 Å². The Morgan fingerprint density at radius 2 is 1.46 bits per heavy atom. The molecule has 0 saturated carbocycles. The molecule has 4 atom stereocenters. The first-order valence-corrected chi connectivity index (χ1v) is 12.0. The molecule has 0 bridgehead atoms. The number of hydrogen-bond donors (Lipinski definition) is 1. The van der Waals surface area contributed by atoms with Crippen LogP contribution in [0.25, 0.3) is 0 Å². The Kier molecular flexibility index (Phi) is 7.23. The highest BCUT2D eigenvalue weighted by Crippen LogP contribution is 2.43. The molecule has 0 unspecified atom stereocenters. The highest BCUT2D eigenvalue weighted by atomic mass is 19.1. The number of nitrogens with zero attached hydrogens (tertiary/aromatic N) is 2. The molecule has 1 saturated heterocycles. The number of halogens is 1. The summed E-state index contributed by atoms with van der Waals surface area (Å²) < 4.78 is 40.2. The first-order chi connectivity index (χ1) is 18.1. The monoisotopic (exact) mass is 504 g/mol. The molecular weight excluding hydrogens is 475 g/mol. The first-order valence-electron chi connectivity index (χ1n) is 12.0. The summed E-state index contributed by atoms with van der Waals surface area (Å²) in [6, 6.07) is 24.9. The van der Waals surface area contributed by atoms with Crippen LogP contribution in [0.2, 0.25) is 0 Å². The average Bonchev–Trinajstić information content (AvgIpc) is 3.59. The molecule has 5 rings (SSSR count). The summed E-state index contributed by atoms with van der Waals surface area (Å²) in [5.74, 6) is 1.41. The Balaban J connectivity index is 1.56. The number of aliphatic hydroxyl groups excluding tert-OH is 1. The van der Waals surface area contributed by atoms with E-state index >= 15 is 4.39 Å². The zero-order valence-corrected chi connectivity index (χ0v) is 20.6. The van der Waals surface area contributed by atoms with Crippen LogP contribution in [0.1, 0.15) is 22.9 Å². The van der Waals surface area contributed by atoms with Gasteiger partial charge in [0, 0.05) is 12.4 Å². The summed E-state index contributed by atoms with van der Waals surface area (Å²) in [5, 5.41) is 10.6. The zero-order valence-electron chi connectivity index (χ0n) is 20.6. The van der Waals surface area contributed by atoms with Crippen molar-refractivity contribution in [3.8, 4) is 11.5 Å². The van der Waals surface area contributed by atoms with Crippen molar-refractivity contribution in [2.45, 2.75) is 30.2 Å². The van der Waals surface area contributed by atoms with E-state index in [2.05, 4.69) is 4.98 Å². The molecule has 1 aliphatic rings. The van der Waals surface area contributed by atoms with Gasteiger partial charge in [-0.15, -0.1) is 0 Å². The first kappa shape index (κ1) is 25.0. The largest absolute Gasteiger partial charge is 0.497 e. The molecule has 0 radical (unpaired) electrons. The molecule has 8 heteroatoms. The maximum absolute atomic E-state index is 15.3. The van der Waals surface area contributed by atoms with E-state index in [1.54, 1.807) is 31.2 Å². The number of methoxy groups -OCH3 is 2. The van der Waals surface area contributed by atoms with Gasteiger partial charge in [0.2, 0.25) is 0 Å². The molecule has 1 fully saturated rings. The minimum Gasteiger partial charge on any atom is -0.497 e. The lowest BCUT2D eigenvalue weighted by Crippen LogP contribution is -2.38. The van der Waals surface area contributed by atoms with Crippen LogP contribution in [0.3, 0.4) is 0 Å². The molecule has 1 aromatic heterocycles. The number of alkyl halides is 1. The lowest BCUT2D eigenvalue weighted by Gasteiger charge is -2.37. The summed E-state index contributed by atoms with van der Waals surface area (Å²) in [6.07, 6.45) is -0.203. The number of rotatable bonds is 9. The second-order valence-corrected chi connectivity index (χ2v) is 8.83. The number of imidazole rings is 1. The fourth-order valence-corrected chi connectivity index (χ4v) is 4.79. The molecule has 192 valence electrons. The van der Waals surface area contributed by atoms with Gasteiger partial charge in [-0.1, -0.05) is 54.6 Å².